The number of anilines is 2. The summed E-state index contributed by atoms with van der Waals surface area (Å²) in [5.74, 6) is -0.625. The van der Waals surface area contributed by atoms with E-state index in [2.05, 4.69) is 19.7 Å². The molecule has 1 saturated heterocycles. The van der Waals surface area contributed by atoms with Gasteiger partial charge in [0.15, 0.2) is 5.75 Å². The van der Waals surface area contributed by atoms with Crippen molar-refractivity contribution in [2.24, 2.45) is 0 Å². The van der Waals surface area contributed by atoms with E-state index in [1.54, 1.807) is 18.2 Å². The van der Waals surface area contributed by atoms with Crippen molar-refractivity contribution in [2.45, 2.75) is 11.3 Å². The number of para-hydroxylation sites is 2. The SMILES string of the molecule is Cl.O=S(=O)(Nc1ccccc1OC(F)(F)F)c1ccc(N2CCNCC2)c2ccccc12. The minimum atomic E-state index is -4.95. The lowest BCUT2D eigenvalue weighted by atomic mass is 10.1. The molecule has 3 aromatic rings. The van der Waals surface area contributed by atoms with Crippen LogP contribution in [0.5, 0.6) is 5.75 Å². The normalized spacial score (nSPS) is 14.7. The minimum Gasteiger partial charge on any atom is -0.404 e. The van der Waals surface area contributed by atoms with Crippen LogP contribution in [0.2, 0.25) is 0 Å². The Bertz CT molecular complexity index is 1200. The maximum absolute atomic E-state index is 13.1. The summed E-state index contributed by atoms with van der Waals surface area (Å²) in [6, 6.07) is 15.3. The Balaban J connectivity index is 0.00000289. The van der Waals surface area contributed by atoms with Gasteiger partial charge in [0.25, 0.3) is 10.0 Å². The summed E-state index contributed by atoms with van der Waals surface area (Å²) < 4.78 is 70.6. The molecule has 0 bridgehead atoms. The molecule has 1 fully saturated rings. The van der Waals surface area contributed by atoms with E-state index < -0.39 is 22.1 Å². The lowest BCUT2D eigenvalue weighted by Gasteiger charge is -2.30. The molecular weight excluding hydrogens is 467 g/mol. The van der Waals surface area contributed by atoms with Gasteiger partial charge in [0.1, 0.15) is 0 Å². The van der Waals surface area contributed by atoms with Crippen LogP contribution in [0.1, 0.15) is 0 Å². The number of piperazine rings is 1. The monoisotopic (exact) mass is 487 g/mol. The Morgan fingerprint density at radius 2 is 1.53 bits per heavy atom. The van der Waals surface area contributed by atoms with Crippen molar-refractivity contribution in [3.8, 4) is 5.75 Å². The number of hydrogen-bond acceptors (Lipinski definition) is 5. The third-order valence-corrected chi connectivity index (χ3v) is 6.39. The molecule has 32 heavy (non-hydrogen) atoms. The molecule has 0 atom stereocenters. The van der Waals surface area contributed by atoms with Crippen LogP contribution in [0, 0.1) is 0 Å². The number of ether oxygens (including phenoxy) is 1. The van der Waals surface area contributed by atoms with Crippen LogP contribution in [0.4, 0.5) is 24.5 Å². The average Bonchev–Trinajstić information content (AvgIpc) is 2.74. The van der Waals surface area contributed by atoms with Crippen LogP contribution in [0.25, 0.3) is 10.8 Å². The molecule has 0 saturated carbocycles. The summed E-state index contributed by atoms with van der Waals surface area (Å²) in [6.07, 6.45) is -4.95. The molecular formula is C21H21ClF3N3O3S. The Labute approximate surface area is 189 Å². The number of sulfonamides is 1. The highest BCUT2D eigenvalue weighted by molar-refractivity contribution is 7.93. The van der Waals surface area contributed by atoms with E-state index in [-0.39, 0.29) is 23.0 Å². The van der Waals surface area contributed by atoms with Crippen LogP contribution in [0.15, 0.2) is 65.6 Å². The van der Waals surface area contributed by atoms with Gasteiger partial charge in [0, 0.05) is 42.6 Å². The van der Waals surface area contributed by atoms with Gasteiger partial charge in [-0.25, -0.2) is 8.42 Å². The quantitative estimate of drug-likeness (QED) is 0.559. The molecule has 6 nitrogen and oxygen atoms in total. The number of nitrogens with zero attached hydrogens (tertiary/aromatic N) is 1. The second-order valence-electron chi connectivity index (χ2n) is 7.01. The first-order valence-corrected chi connectivity index (χ1v) is 11.1. The van der Waals surface area contributed by atoms with Crippen molar-refractivity contribution in [1.29, 1.82) is 0 Å². The van der Waals surface area contributed by atoms with Crippen molar-refractivity contribution in [3.05, 3.63) is 60.7 Å². The van der Waals surface area contributed by atoms with Crippen molar-refractivity contribution in [1.82, 2.24) is 5.32 Å². The summed E-state index contributed by atoms with van der Waals surface area (Å²) in [5, 5.41) is 4.52. The van der Waals surface area contributed by atoms with Gasteiger partial charge in [0.2, 0.25) is 0 Å². The average molecular weight is 488 g/mol. The van der Waals surface area contributed by atoms with Gasteiger partial charge < -0.3 is 15.0 Å². The van der Waals surface area contributed by atoms with Crippen LogP contribution in [-0.4, -0.2) is 41.0 Å². The lowest BCUT2D eigenvalue weighted by molar-refractivity contribution is -0.274. The van der Waals surface area contributed by atoms with Crippen molar-refractivity contribution < 1.29 is 26.3 Å². The fraction of sp³-hybridized carbons (Fsp3) is 0.238. The number of rotatable bonds is 5. The zero-order valence-electron chi connectivity index (χ0n) is 16.7. The predicted molar refractivity (Wildman–Crippen MR) is 120 cm³/mol. The standard InChI is InChI=1S/C21H20F3N3O3S.ClH/c22-21(23,24)30-19-8-4-3-7-17(19)26-31(28,29)20-10-9-18(27-13-11-25-12-14-27)15-5-1-2-6-16(15)20;/h1-10,25-26H,11-14H2;1H. The highest BCUT2D eigenvalue weighted by Crippen LogP contribution is 2.35. The lowest BCUT2D eigenvalue weighted by Crippen LogP contribution is -2.43. The highest BCUT2D eigenvalue weighted by atomic mass is 35.5. The first-order valence-electron chi connectivity index (χ1n) is 9.60. The van der Waals surface area contributed by atoms with E-state index in [1.807, 2.05) is 12.1 Å². The molecule has 1 heterocycles. The van der Waals surface area contributed by atoms with E-state index in [0.29, 0.717) is 5.39 Å². The third kappa shape index (κ3) is 5.20. The third-order valence-electron chi connectivity index (χ3n) is 4.97. The molecule has 11 heteroatoms. The Morgan fingerprint density at radius 1 is 0.906 bits per heavy atom. The molecule has 3 aromatic carbocycles. The van der Waals surface area contributed by atoms with Gasteiger partial charge in [-0.15, -0.1) is 25.6 Å². The van der Waals surface area contributed by atoms with E-state index in [4.69, 9.17) is 0 Å². The fourth-order valence-electron chi connectivity index (χ4n) is 3.64. The van der Waals surface area contributed by atoms with E-state index in [9.17, 15) is 21.6 Å². The maximum atomic E-state index is 13.1. The number of halogens is 4. The molecule has 0 spiro atoms. The molecule has 4 rings (SSSR count). The Morgan fingerprint density at radius 3 is 2.22 bits per heavy atom. The second-order valence-corrected chi connectivity index (χ2v) is 8.67. The summed E-state index contributed by atoms with van der Waals surface area (Å²) in [6.45, 7) is 3.23. The van der Waals surface area contributed by atoms with Gasteiger partial charge >= 0.3 is 6.36 Å². The first kappa shape index (κ1) is 24.0. The van der Waals surface area contributed by atoms with Gasteiger partial charge in [-0.05, 0) is 24.3 Å². The van der Waals surface area contributed by atoms with Crippen molar-refractivity contribution in [3.63, 3.8) is 0 Å². The summed E-state index contributed by atoms with van der Waals surface area (Å²) in [4.78, 5) is 2.15. The molecule has 1 aliphatic heterocycles. The predicted octanol–water partition coefficient (Wildman–Crippen LogP) is 4.37. The van der Waals surface area contributed by atoms with Crippen LogP contribution >= 0.6 is 12.4 Å². The van der Waals surface area contributed by atoms with Crippen LogP contribution < -0.4 is 19.7 Å². The van der Waals surface area contributed by atoms with Gasteiger partial charge in [-0.1, -0.05) is 36.4 Å². The molecule has 1 aliphatic rings. The summed E-state index contributed by atoms with van der Waals surface area (Å²) in [5.41, 5.74) is 0.618. The molecule has 0 radical (unpaired) electrons. The number of fused-ring (bicyclic) bond motifs is 1. The Kier molecular flexibility index (Phi) is 7.06. The number of nitrogens with one attached hydrogen (secondary N) is 2. The number of benzene rings is 3. The summed E-state index contributed by atoms with van der Waals surface area (Å²) >= 11 is 0. The molecule has 0 aromatic heterocycles. The fourth-order valence-corrected chi connectivity index (χ4v) is 4.92. The van der Waals surface area contributed by atoms with Gasteiger partial charge in [0.05, 0.1) is 10.6 Å². The first-order chi connectivity index (χ1) is 14.7. The largest absolute Gasteiger partial charge is 0.573 e. The molecule has 0 amide bonds. The molecule has 0 aliphatic carbocycles. The zero-order valence-corrected chi connectivity index (χ0v) is 18.4. The minimum absolute atomic E-state index is 0. The van der Waals surface area contributed by atoms with Crippen LogP contribution in [-0.2, 0) is 10.0 Å². The highest BCUT2D eigenvalue weighted by Gasteiger charge is 2.33. The van der Waals surface area contributed by atoms with E-state index >= 15 is 0 Å². The Hall–Kier alpha value is -2.69. The smallest absolute Gasteiger partial charge is 0.404 e. The molecule has 2 N–H and O–H groups in total. The van der Waals surface area contributed by atoms with Gasteiger partial charge in [-0.3, -0.25) is 4.72 Å². The summed E-state index contributed by atoms with van der Waals surface area (Å²) in [7, 11) is -4.19. The van der Waals surface area contributed by atoms with Crippen LogP contribution in [0.3, 0.4) is 0 Å². The van der Waals surface area contributed by atoms with Crippen molar-refractivity contribution >= 4 is 44.6 Å². The molecule has 172 valence electrons. The van der Waals surface area contributed by atoms with Gasteiger partial charge in [-0.2, -0.15) is 0 Å². The number of alkyl halides is 3. The second kappa shape index (κ2) is 9.43. The van der Waals surface area contributed by atoms with E-state index in [0.717, 1.165) is 43.3 Å². The zero-order chi connectivity index (χ0) is 22.1. The van der Waals surface area contributed by atoms with Crippen molar-refractivity contribution in [2.75, 3.05) is 35.8 Å². The maximum Gasteiger partial charge on any atom is 0.573 e. The van der Waals surface area contributed by atoms with E-state index in [1.165, 1.54) is 24.3 Å². The number of hydrogen-bond donors (Lipinski definition) is 2. The molecule has 0 unspecified atom stereocenters. The topological polar surface area (TPSA) is 70.7 Å².